The second-order valence-corrected chi connectivity index (χ2v) is 3.14. The van der Waals surface area contributed by atoms with Gasteiger partial charge in [0.25, 0.3) is 0 Å². The van der Waals surface area contributed by atoms with Crippen molar-refractivity contribution in [1.29, 1.82) is 0 Å². The Morgan fingerprint density at radius 2 is 2.38 bits per heavy atom. The van der Waals surface area contributed by atoms with Crippen LogP contribution >= 0.6 is 11.6 Å². The van der Waals surface area contributed by atoms with Crippen LogP contribution in [0.1, 0.15) is 16.1 Å². The molecule has 0 aliphatic heterocycles. The predicted octanol–water partition coefficient (Wildman–Crippen LogP) is 2.11. The third kappa shape index (κ3) is 1.21. The number of nitrogens with zero attached hydrogens (tertiary/aromatic N) is 2. The van der Waals surface area contributed by atoms with E-state index in [0.29, 0.717) is 10.8 Å². The van der Waals surface area contributed by atoms with Gasteiger partial charge in [0, 0.05) is 11.8 Å². The average Bonchev–Trinajstić information content (AvgIpc) is 2.42. The molecule has 66 valence electrons. The highest BCUT2D eigenvalue weighted by Gasteiger charge is 2.05. The Morgan fingerprint density at radius 3 is 3.08 bits per heavy atom. The Morgan fingerprint density at radius 1 is 1.62 bits per heavy atom. The van der Waals surface area contributed by atoms with E-state index in [1.54, 1.807) is 22.7 Å². The molecule has 2 aromatic rings. The summed E-state index contributed by atoms with van der Waals surface area (Å²) in [7, 11) is 0. The zero-order valence-corrected chi connectivity index (χ0v) is 7.75. The van der Waals surface area contributed by atoms with E-state index in [1.807, 2.05) is 6.92 Å². The van der Waals surface area contributed by atoms with Crippen molar-refractivity contribution in [2.45, 2.75) is 6.92 Å². The average molecular weight is 195 g/mol. The van der Waals surface area contributed by atoms with Gasteiger partial charge >= 0.3 is 0 Å². The minimum atomic E-state index is 0.421. The summed E-state index contributed by atoms with van der Waals surface area (Å²) in [5, 5.41) is 0.421. The molecule has 0 atom stereocenters. The number of halogens is 1. The molecular formula is C9H7ClN2O. The van der Waals surface area contributed by atoms with Crippen LogP contribution in [-0.2, 0) is 0 Å². The highest BCUT2D eigenvalue weighted by Crippen LogP contribution is 2.16. The second-order valence-electron chi connectivity index (χ2n) is 2.80. The van der Waals surface area contributed by atoms with Gasteiger partial charge in [-0.25, -0.2) is 4.98 Å². The molecule has 0 unspecified atom stereocenters. The van der Waals surface area contributed by atoms with Gasteiger partial charge in [0.15, 0.2) is 0 Å². The zero-order valence-electron chi connectivity index (χ0n) is 6.99. The van der Waals surface area contributed by atoms with Gasteiger partial charge in [-0.05, 0) is 30.7 Å². The Bertz CT molecular complexity index is 476. The Kier molecular flexibility index (Phi) is 1.81. The molecule has 0 aliphatic carbocycles. The fraction of sp³-hybridized carbons (Fsp3) is 0.111. The Balaban J connectivity index is 2.83. The van der Waals surface area contributed by atoms with E-state index in [4.69, 9.17) is 11.6 Å². The summed E-state index contributed by atoms with van der Waals surface area (Å²) in [6.07, 6.45) is 2.54. The summed E-state index contributed by atoms with van der Waals surface area (Å²) >= 11 is 5.84. The largest absolute Gasteiger partial charge is 0.298 e. The Labute approximate surface area is 80.0 Å². The van der Waals surface area contributed by atoms with Gasteiger partial charge in [-0.1, -0.05) is 0 Å². The summed E-state index contributed by atoms with van der Waals surface area (Å²) in [5.74, 6) is 0. The summed E-state index contributed by atoms with van der Waals surface area (Å²) in [5.41, 5.74) is 2.33. The molecule has 13 heavy (non-hydrogen) atoms. The smallest absolute Gasteiger partial charge is 0.207 e. The van der Waals surface area contributed by atoms with Crippen molar-refractivity contribution in [2.75, 3.05) is 0 Å². The van der Waals surface area contributed by atoms with Crippen LogP contribution < -0.4 is 0 Å². The summed E-state index contributed by atoms with van der Waals surface area (Å²) < 4.78 is 1.74. The van der Waals surface area contributed by atoms with Crippen LogP contribution in [0.25, 0.3) is 5.52 Å². The topological polar surface area (TPSA) is 34.4 Å². The summed E-state index contributed by atoms with van der Waals surface area (Å²) in [6.45, 7) is 1.86. The van der Waals surface area contributed by atoms with Crippen molar-refractivity contribution in [3.63, 3.8) is 0 Å². The first-order valence-electron chi connectivity index (χ1n) is 3.82. The molecule has 0 saturated heterocycles. The highest BCUT2D eigenvalue weighted by molar-refractivity contribution is 6.28. The lowest BCUT2D eigenvalue weighted by atomic mass is 10.2. The monoisotopic (exact) mass is 194 g/mol. The quantitative estimate of drug-likeness (QED) is 0.652. The number of carbonyl (C=O) groups excluding carboxylic acids is 1. The molecular weight excluding hydrogens is 188 g/mol. The SMILES string of the molecule is Cc1nc(Cl)n2ccc(C=O)cc12. The maximum absolute atomic E-state index is 10.5. The van der Waals surface area contributed by atoms with E-state index in [-0.39, 0.29) is 0 Å². The van der Waals surface area contributed by atoms with E-state index in [0.717, 1.165) is 17.5 Å². The number of pyridine rings is 1. The van der Waals surface area contributed by atoms with E-state index in [9.17, 15) is 4.79 Å². The molecule has 0 aliphatic rings. The lowest BCUT2D eigenvalue weighted by Crippen LogP contribution is -1.86. The van der Waals surface area contributed by atoms with Crippen LogP contribution in [0.5, 0.6) is 0 Å². The first kappa shape index (κ1) is 8.26. The standard InChI is InChI=1S/C9H7ClN2O/c1-6-8-4-7(5-13)2-3-12(8)9(10)11-6/h2-5H,1H3. The van der Waals surface area contributed by atoms with E-state index in [1.165, 1.54) is 0 Å². The first-order chi connectivity index (χ1) is 6.22. The van der Waals surface area contributed by atoms with Gasteiger partial charge in [0.2, 0.25) is 5.28 Å². The number of aldehydes is 1. The normalized spacial score (nSPS) is 10.6. The van der Waals surface area contributed by atoms with Gasteiger partial charge < -0.3 is 0 Å². The fourth-order valence-electron chi connectivity index (χ4n) is 1.28. The maximum atomic E-state index is 10.5. The number of aromatic nitrogens is 2. The number of rotatable bonds is 1. The lowest BCUT2D eigenvalue weighted by molar-refractivity contribution is 0.112. The van der Waals surface area contributed by atoms with E-state index < -0.39 is 0 Å². The molecule has 0 bridgehead atoms. The van der Waals surface area contributed by atoms with Crippen molar-refractivity contribution in [1.82, 2.24) is 9.38 Å². The molecule has 0 aromatic carbocycles. The second kappa shape index (κ2) is 2.85. The molecule has 0 saturated carbocycles. The molecule has 0 amide bonds. The van der Waals surface area contributed by atoms with Crippen LogP contribution in [0, 0.1) is 6.92 Å². The lowest BCUT2D eigenvalue weighted by Gasteiger charge is -1.95. The van der Waals surface area contributed by atoms with Gasteiger partial charge in [-0.2, -0.15) is 0 Å². The minimum absolute atomic E-state index is 0.421. The third-order valence-electron chi connectivity index (χ3n) is 1.94. The van der Waals surface area contributed by atoms with Gasteiger partial charge in [-0.3, -0.25) is 9.20 Å². The number of hydrogen-bond donors (Lipinski definition) is 0. The number of carbonyl (C=O) groups is 1. The molecule has 3 nitrogen and oxygen atoms in total. The summed E-state index contributed by atoms with van der Waals surface area (Å²) in [4.78, 5) is 14.6. The van der Waals surface area contributed by atoms with Gasteiger partial charge in [0.1, 0.15) is 6.29 Å². The van der Waals surface area contributed by atoms with Crippen molar-refractivity contribution < 1.29 is 4.79 Å². The van der Waals surface area contributed by atoms with Crippen LogP contribution in [0.3, 0.4) is 0 Å². The molecule has 0 N–H and O–H groups in total. The van der Waals surface area contributed by atoms with Crippen LogP contribution in [-0.4, -0.2) is 15.7 Å². The van der Waals surface area contributed by atoms with Crippen molar-refractivity contribution in [2.24, 2.45) is 0 Å². The zero-order chi connectivity index (χ0) is 9.42. The van der Waals surface area contributed by atoms with Crippen molar-refractivity contribution in [3.8, 4) is 0 Å². The highest BCUT2D eigenvalue weighted by atomic mass is 35.5. The number of imidazole rings is 1. The molecule has 2 aromatic heterocycles. The first-order valence-corrected chi connectivity index (χ1v) is 4.19. The van der Waals surface area contributed by atoms with Crippen molar-refractivity contribution in [3.05, 3.63) is 34.9 Å². The predicted molar refractivity (Wildman–Crippen MR) is 50.3 cm³/mol. The van der Waals surface area contributed by atoms with Crippen LogP contribution in [0.4, 0.5) is 0 Å². The van der Waals surface area contributed by atoms with Crippen LogP contribution in [0.2, 0.25) is 5.28 Å². The molecule has 2 heterocycles. The molecule has 0 radical (unpaired) electrons. The maximum Gasteiger partial charge on any atom is 0.207 e. The van der Waals surface area contributed by atoms with Gasteiger partial charge in [-0.15, -0.1) is 0 Å². The number of hydrogen-bond acceptors (Lipinski definition) is 2. The van der Waals surface area contributed by atoms with E-state index in [2.05, 4.69) is 4.98 Å². The molecule has 0 fully saturated rings. The van der Waals surface area contributed by atoms with E-state index >= 15 is 0 Å². The summed E-state index contributed by atoms with van der Waals surface area (Å²) in [6, 6.07) is 3.47. The number of fused-ring (bicyclic) bond motifs is 1. The Hall–Kier alpha value is -1.35. The number of aryl methyl sites for hydroxylation is 1. The molecule has 2 rings (SSSR count). The van der Waals surface area contributed by atoms with Crippen LogP contribution in [0.15, 0.2) is 18.3 Å². The minimum Gasteiger partial charge on any atom is -0.298 e. The van der Waals surface area contributed by atoms with Gasteiger partial charge in [0.05, 0.1) is 11.2 Å². The molecule has 4 heteroatoms. The molecule has 0 spiro atoms. The third-order valence-corrected chi connectivity index (χ3v) is 2.21. The fourth-order valence-corrected chi connectivity index (χ4v) is 1.55. The van der Waals surface area contributed by atoms with Crippen molar-refractivity contribution >= 4 is 23.4 Å².